The first-order chi connectivity index (χ1) is 10.2. The van der Waals surface area contributed by atoms with Gasteiger partial charge in [0.1, 0.15) is 5.52 Å². The van der Waals surface area contributed by atoms with E-state index in [0.717, 1.165) is 34.7 Å². The average molecular weight is 335 g/mol. The molecule has 0 bridgehead atoms. The van der Waals surface area contributed by atoms with Crippen LogP contribution in [0.25, 0.3) is 10.2 Å². The van der Waals surface area contributed by atoms with E-state index in [4.69, 9.17) is 28.2 Å². The lowest BCUT2D eigenvalue weighted by molar-refractivity contribution is 0.765. The zero-order chi connectivity index (χ0) is 14.4. The van der Waals surface area contributed by atoms with Crippen molar-refractivity contribution in [2.75, 3.05) is 11.4 Å². The van der Waals surface area contributed by atoms with E-state index < -0.39 is 0 Å². The SMILES string of the molecule is Clc1cc(Cl)c2nc(N3CCCc4ccccc43)sc2c1. The van der Waals surface area contributed by atoms with E-state index in [9.17, 15) is 0 Å². The summed E-state index contributed by atoms with van der Waals surface area (Å²) in [6.45, 7) is 0.988. The molecule has 2 aromatic carbocycles. The van der Waals surface area contributed by atoms with Crippen LogP contribution in [0.1, 0.15) is 12.0 Å². The van der Waals surface area contributed by atoms with E-state index in [1.807, 2.05) is 6.07 Å². The molecule has 0 saturated heterocycles. The molecule has 1 aliphatic rings. The Morgan fingerprint density at radius 1 is 1.14 bits per heavy atom. The van der Waals surface area contributed by atoms with Crippen LogP contribution in [0, 0.1) is 0 Å². The maximum absolute atomic E-state index is 6.26. The van der Waals surface area contributed by atoms with Crippen LogP contribution in [0.15, 0.2) is 36.4 Å². The summed E-state index contributed by atoms with van der Waals surface area (Å²) in [5, 5.41) is 2.26. The van der Waals surface area contributed by atoms with Crippen molar-refractivity contribution in [2.45, 2.75) is 12.8 Å². The van der Waals surface area contributed by atoms with Gasteiger partial charge in [-0.3, -0.25) is 0 Å². The third-order valence-corrected chi connectivity index (χ3v) is 5.27. The minimum atomic E-state index is 0.616. The van der Waals surface area contributed by atoms with Crippen molar-refractivity contribution in [3.63, 3.8) is 0 Å². The second-order valence-corrected chi connectivity index (χ2v) is 6.97. The second-order valence-electron chi connectivity index (χ2n) is 5.11. The third-order valence-electron chi connectivity index (χ3n) is 3.74. The minimum Gasteiger partial charge on any atom is -0.318 e. The van der Waals surface area contributed by atoms with Crippen molar-refractivity contribution in [1.29, 1.82) is 0 Å². The summed E-state index contributed by atoms with van der Waals surface area (Å²) in [6, 6.07) is 12.2. The first-order valence-corrected chi connectivity index (χ1v) is 8.40. The molecular formula is C16H12Cl2N2S. The highest BCUT2D eigenvalue weighted by molar-refractivity contribution is 7.22. The van der Waals surface area contributed by atoms with Crippen LogP contribution in [0.3, 0.4) is 0 Å². The number of anilines is 2. The molecular weight excluding hydrogens is 323 g/mol. The van der Waals surface area contributed by atoms with E-state index in [0.29, 0.717) is 10.0 Å². The van der Waals surface area contributed by atoms with Crippen molar-refractivity contribution >= 4 is 55.6 Å². The lowest BCUT2D eigenvalue weighted by Gasteiger charge is -2.28. The van der Waals surface area contributed by atoms with Gasteiger partial charge in [0.2, 0.25) is 0 Å². The molecule has 0 unspecified atom stereocenters. The summed E-state index contributed by atoms with van der Waals surface area (Å²) in [6.07, 6.45) is 2.27. The molecule has 2 heterocycles. The van der Waals surface area contributed by atoms with Gasteiger partial charge in [-0.1, -0.05) is 52.7 Å². The Bertz CT molecular complexity index is 828. The van der Waals surface area contributed by atoms with Gasteiger partial charge < -0.3 is 4.90 Å². The number of nitrogens with zero attached hydrogens (tertiary/aromatic N) is 2. The van der Waals surface area contributed by atoms with Gasteiger partial charge in [0.15, 0.2) is 5.13 Å². The van der Waals surface area contributed by atoms with Gasteiger partial charge in [-0.05, 0) is 36.6 Å². The monoisotopic (exact) mass is 334 g/mol. The maximum Gasteiger partial charge on any atom is 0.191 e. The van der Waals surface area contributed by atoms with Crippen molar-refractivity contribution in [3.8, 4) is 0 Å². The Kier molecular flexibility index (Phi) is 3.29. The Morgan fingerprint density at radius 3 is 2.90 bits per heavy atom. The van der Waals surface area contributed by atoms with Gasteiger partial charge in [-0.25, -0.2) is 4.98 Å². The molecule has 0 atom stereocenters. The fraction of sp³-hybridized carbons (Fsp3) is 0.188. The van der Waals surface area contributed by atoms with Crippen LogP contribution in [-0.4, -0.2) is 11.5 Å². The summed E-state index contributed by atoms with van der Waals surface area (Å²) in [7, 11) is 0. The topological polar surface area (TPSA) is 16.1 Å². The minimum absolute atomic E-state index is 0.616. The molecule has 4 rings (SSSR count). The Morgan fingerprint density at radius 2 is 2.00 bits per heavy atom. The number of thiazole rings is 1. The molecule has 2 nitrogen and oxygen atoms in total. The molecule has 3 aromatic rings. The van der Waals surface area contributed by atoms with Gasteiger partial charge in [-0.15, -0.1) is 0 Å². The van der Waals surface area contributed by atoms with Gasteiger partial charge in [-0.2, -0.15) is 0 Å². The van der Waals surface area contributed by atoms with Crippen LogP contribution < -0.4 is 4.90 Å². The fourth-order valence-electron chi connectivity index (χ4n) is 2.79. The first-order valence-electron chi connectivity index (χ1n) is 6.83. The molecule has 106 valence electrons. The van der Waals surface area contributed by atoms with Crippen LogP contribution in [0.4, 0.5) is 10.8 Å². The molecule has 0 spiro atoms. The number of para-hydroxylation sites is 1. The highest BCUT2D eigenvalue weighted by atomic mass is 35.5. The van der Waals surface area contributed by atoms with Crippen LogP contribution in [0.2, 0.25) is 10.0 Å². The number of aryl methyl sites for hydroxylation is 1. The Balaban J connectivity index is 1.86. The summed E-state index contributed by atoms with van der Waals surface area (Å²) >= 11 is 14.0. The van der Waals surface area contributed by atoms with Crippen molar-refractivity contribution in [2.24, 2.45) is 0 Å². The van der Waals surface area contributed by atoms with E-state index in [2.05, 4.69) is 29.2 Å². The number of fused-ring (bicyclic) bond motifs is 2. The van der Waals surface area contributed by atoms with Crippen molar-refractivity contribution < 1.29 is 0 Å². The maximum atomic E-state index is 6.26. The number of benzene rings is 2. The number of rotatable bonds is 1. The van der Waals surface area contributed by atoms with Gasteiger partial charge in [0.05, 0.1) is 9.72 Å². The highest BCUT2D eigenvalue weighted by Crippen LogP contribution is 2.40. The van der Waals surface area contributed by atoms with Crippen LogP contribution in [-0.2, 0) is 6.42 Å². The summed E-state index contributed by atoms with van der Waals surface area (Å²) in [4.78, 5) is 7.02. The zero-order valence-corrected chi connectivity index (χ0v) is 13.5. The molecule has 21 heavy (non-hydrogen) atoms. The molecule has 0 radical (unpaired) electrons. The number of halogens is 2. The molecule has 0 aliphatic carbocycles. The van der Waals surface area contributed by atoms with Crippen molar-refractivity contribution in [1.82, 2.24) is 4.98 Å². The molecule has 0 amide bonds. The van der Waals surface area contributed by atoms with Gasteiger partial charge in [0.25, 0.3) is 0 Å². The number of aromatic nitrogens is 1. The summed E-state index contributed by atoms with van der Waals surface area (Å²) in [5.74, 6) is 0. The van der Waals surface area contributed by atoms with E-state index in [1.54, 1.807) is 17.4 Å². The normalized spacial score (nSPS) is 14.5. The number of hydrogen-bond acceptors (Lipinski definition) is 3. The standard InChI is InChI=1S/C16H12Cl2N2S/c17-11-8-12(18)15-14(9-11)21-16(19-15)20-7-3-5-10-4-1-2-6-13(10)20/h1-2,4,6,8-9H,3,5,7H2. The zero-order valence-electron chi connectivity index (χ0n) is 11.1. The average Bonchev–Trinajstić information content (AvgIpc) is 2.90. The third kappa shape index (κ3) is 2.30. The summed E-state index contributed by atoms with van der Waals surface area (Å²) < 4.78 is 1.03. The highest BCUT2D eigenvalue weighted by Gasteiger charge is 2.21. The van der Waals surface area contributed by atoms with Gasteiger partial charge in [0, 0.05) is 17.3 Å². The fourth-order valence-corrected chi connectivity index (χ4v) is 4.52. The summed E-state index contributed by atoms with van der Waals surface area (Å²) in [5.41, 5.74) is 3.47. The van der Waals surface area contributed by atoms with E-state index >= 15 is 0 Å². The smallest absolute Gasteiger partial charge is 0.191 e. The van der Waals surface area contributed by atoms with Crippen LogP contribution >= 0.6 is 34.5 Å². The molecule has 1 aliphatic heterocycles. The predicted molar refractivity (Wildman–Crippen MR) is 91.4 cm³/mol. The van der Waals surface area contributed by atoms with Gasteiger partial charge >= 0.3 is 0 Å². The lowest BCUT2D eigenvalue weighted by Crippen LogP contribution is -2.24. The quantitative estimate of drug-likeness (QED) is 0.568. The number of hydrogen-bond donors (Lipinski definition) is 0. The largest absolute Gasteiger partial charge is 0.318 e. The lowest BCUT2D eigenvalue weighted by atomic mass is 10.0. The molecule has 0 saturated carbocycles. The van der Waals surface area contributed by atoms with Crippen LogP contribution in [0.5, 0.6) is 0 Å². The second kappa shape index (κ2) is 5.16. The van der Waals surface area contributed by atoms with E-state index in [-0.39, 0.29) is 0 Å². The van der Waals surface area contributed by atoms with Crippen molar-refractivity contribution in [3.05, 3.63) is 52.0 Å². The molecule has 5 heteroatoms. The predicted octanol–water partition coefficient (Wildman–Crippen LogP) is 5.69. The Hall–Kier alpha value is -1.29. The Labute approximate surface area is 136 Å². The molecule has 0 fully saturated rings. The molecule has 0 N–H and O–H groups in total. The van der Waals surface area contributed by atoms with E-state index in [1.165, 1.54) is 11.3 Å². The first kappa shape index (κ1) is 13.4. The molecule has 1 aromatic heterocycles.